The molecule has 0 saturated carbocycles. The van der Waals surface area contributed by atoms with Crippen molar-refractivity contribution in [1.82, 2.24) is 14.5 Å². The number of aromatic nitrogens is 3. The van der Waals surface area contributed by atoms with Crippen LogP contribution in [0.15, 0.2) is 296 Å². The van der Waals surface area contributed by atoms with Crippen LogP contribution in [0, 0.1) is 0 Å². The number of anilines is 2. The van der Waals surface area contributed by atoms with E-state index in [4.69, 9.17) is 14.4 Å². The summed E-state index contributed by atoms with van der Waals surface area (Å²) >= 11 is 0. The Kier molecular flexibility index (Phi) is 10.9. The summed E-state index contributed by atoms with van der Waals surface area (Å²) in [4.78, 5) is 12.0. The first-order valence-corrected chi connectivity index (χ1v) is 27.8. The lowest BCUT2D eigenvalue weighted by atomic mass is 9.84. The number of furan rings is 1. The van der Waals surface area contributed by atoms with Gasteiger partial charge in [0.25, 0.3) is 0 Å². The van der Waals surface area contributed by atoms with Gasteiger partial charge in [0.2, 0.25) is 0 Å². The number of benzene rings is 10. The maximum Gasteiger partial charge on any atom is 0.143 e. The lowest BCUT2D eigenvalue weighted by Crippen LogP contribution is -2.28. The van der Waals surface area contributed by atoms with E-state index in [1.807, 2.05) is 30.6 Å². The molecule has 5 heterocycles. The van der Waals surface area contributed by atoms with E-state index in [9.17, 15) is 0 Å². The lowest BCUT2D eigenvalue weighted by Gasteiger charge is -2.29. The van der Waals surface area contributed by atoms with Crippen molar-refractivity contribution < 1.29 is 4.42 Å². The zero-order valence-electron chi connectivity index (χ0n) is 44.1. The minimum atomic E-state index is 0.103. The molecule has 2 atom stereocenters. The van der Waals surface area contributed by atoms with Gasteiger partial charge in [0.05, 0.1) is 28.5 Å². The number of nitrogens with zero attached hydrogens (tertiary/aromatic N) is 4. The van der Waals surface area contributed by atoms with Crippen LogP contribution >= 0.6 is 0 Å². The van der Waals surface area contributed by atoms with Gasteiger partial charge in [0.1, 0.15) is 11.2 Å². The molecular formula is C76H50N4O. The molecule has 0 spiro atoms. The van der Waals surface area contributed by atoms with Crippen LogP contribution in [0.2, 0.25) is 0 Å². The predicted octanol–water partition coefficient (Wildman–Crippen LogP) is 19.7. The Bertz CT molecular complexity index is 4820. The number of allylic oxidation sites excluding steroid dienone is 2. The fraction of sp³-hybridized carbons (Fsp3) is 0.0263. The second-order valence-corrected chi connectivity index (χ2v) is 21.2. The normalized spacial score (nSPS) is 14.7. The number of pyridine rings is 2. The van der Waals surface area contributed by atoms with Crippen molar-refractivity contribution in [2.45, 2.75) is 12.0 Å². The summed E-state index contributed by atoms with van der Waals surface area (Å²) in [6, 6.07) is 94.1. The minimum absolute atomic E-state index is 0.103. The molecule has 0 saturated heterocycles. The molecule has 5 heteroatoms. The summed E-state index contributed by atoms with van der Waals surface area (Å²) < 4.78 is 9.43. The third kappa shape index (κ3) is 7.84. The van der Waals surface area contributed by atoms with E-state index in [0.29, 0.717) is 0 Å². The molecule has 4 aromatic heterocycles. The number of para-hydroxylation sites is 3. The largest absolute Gasteiger partial charge is 0.455 e. The van der Waals surface area contributed by atoms with Crippen molar-refractivity contribution in [3.8, 4) is 72.7 Å². The first-order valence-electron chi connectivity index (χ1n) is 27.8. The van der Waals surface area contributed by atoms with Gasteiger partial charge in [0, 0.05) is 73.6 Å². The average molecular weight is 1040 g/mol. The highest BCUT2D eigenvalue weighted by molar-refractivity contribution is 6.15. The molecule has 2 unspecified atom stereocenters. The topological polar surface area (TPSA) is 47.1 Å². The van der Waals surface area contributed by atoms with E-state index in [0.717, 1.165) is 89.0 Å². The third-order valence-corrected chi connectivity index (χ3v) is 16.6. The van der Waals surface area contributed by atoms with Gasteiger partial charge in [0.15, 0.2) is 0 Å². The van der Waals surface area contributed by atoms with E-state index in [-0.39, 0.29) is 12.0 Å². The average Bonchev–Trinajstić information content (AvgIpc) is 4.22. The molecule has 10 aromatic carbocycles. The zero-order chi connectivity index (χ0) is 53.4. The van der Waals surface area contributed by atoms with E-state index in [1.165, 1.54) is 55.5 Å². The Hall–Kier alpha value is -10.6. The number of hydrogen-bond donors (Lipinski definition) is 0. The molecule has 1 aliphatic carbocycles. The second-order valence-electron chi connectivity index (χ2n) is 21.2. The molecule has 0 radical (unpaired) electrons. The summed E-state index contributed by atoms with van der Waals surface area (Å²) in [6.45, 7) is 0. The number of fused-ring (bicyclic) bond motifs is 9. The maximum absolute atomic E-state index is 7.06. The van der Waals surface area contributed by atoms with E-state index >= 15 is 0 Å². The minimum Gasteiger partial charge on any atom is -0.455 e. The van der Waals surface area contributed by atoms with Gasteiger partial charge in [-0.2, -0.15) is 0 Å². The molecule has 380 valence electrons. The highest BCUT2D eigenvalue weighted by atomic mass is 16.3. The van der Waals surface area contributed by atoms with Crippen molar-refractivity contribution in [3.05, 3.63) is 303 Å². The highest BCUT2D eigenvalue weighted by Crippen LogP contribution is 2.51. The molecule has 0 N–H and O–H groups in total. The van der Waals surface area contributed by atoms with E-state index in [2.05, 4.69) is 270 Å². The van der Waals surface area contributed by atoms with Crippen molar-refractivity contribution in [2.24, 2.45) is 0 Å². The Morgan fingerprint density at radius 1 is 0.370 bits per heavy atom. The van der Waals surface area contributed by atoms with E-state index in [1.54, 1.807) is 0 Å². The number of hydrogen-bond acceptors (Lipinski definition) is 4. The van der Waals surface area contributed by atoms with Gasteiger partial charge in [-0.3, -0.25) is 9.97 Å². The predicted molar refractivity (Wildman–Crippen MR) is 335 cm³/mol. The molecule has 16 rings (SSSR count). The molecule has 0 bridgehead atoms. The highest BCUT2D eigenvalue weighted by Gasteiger charge is 2.39. The Morgan fingerprint density at radius 3 is 1.70 bits per heavy atom. The van der Waals surface area contributed by atoms with Crippen LogP contribution in [0.25, 0.3) is 122 Å². The van der Waals surface area contributed by atoms with Crippen LogP contribution in [0.4, 0.5) is 11.4 Å². The van der Waals surface area contributed by atoms with Crippen molar-refractivity contribution in [3.63, 3.8) is 0 Å². The van der Waals surface area contributed by atoms with Gasteiger partial charge in [-0.05, 0) is 165 Å². The van der Waals surface area contributed by atoms with Crippen molar-refractivity contribution in [2.75, 3.05) is 4.90 Å². The summed E-state index contributed by atoms with van der Waals surface area (Å²) in [7, 11) is 0. The van der Waals surface area contributed by atoms with Gasteiger partial charge >= 0.3 is 0 Å². The molecule has 2 aliphatic rings. The quantitative estimate of drug-likeness (QED) is 0.145. The van der Waals surface area contributed by atoms with Crippen LogP contribution < -0.4 is 4.90 Å². The van der Waals surface area contributed by atoms with Gasteiger partial charge in [-0.15, -0.1) is 0 Å². The Balaban J connectivity index is 0.850. The molecule has 0 amide bonds. The van der Waals surface area contributed by atoms with Gasteiger partial charge < -0.3 is 13.9 Å². The van der Waals surface area contributed by atoms with Crippen molar-refractivity contribution in [1.29, 1.82) is 0 Å². The molecule has 14 aromatic rings. The van der Waals surface area contributed by atoms with Crippen LogP contribution in [0.5, 0.6) is 0 Å². The van der Waals surface area contributed by atoms with Crippen LogP contribution in [0.1, 0.15) is 17.0 Å². The molecular weight excluding hydrogens is 985 g/mol. The monoisotopic (exact) mass is 1030 g/mol. The smallest absolute Gasteiger partial charge is 0.143 e. The summed E-state index contributed by atoms with van der Waals surface area (Å²) in [5.74, 6) is 0.103. The first-order chi connectivity index (χ1) is 40.2. The Morgan fingerprint density at radius 2 is 0.963 bits per heavy atom. The Labute approximate surface area is 469 Å². The summed E-state index contributed by atoms with van der Waals surface area (Å²) in [5.41, 5.74) is 24.3. The van der Waals surface area contributed by atoms with Gasteiger partial charge in [-0.1, -0.05) is 170 Å². The SMILES string of the molecule is C1=CC2C(C=C1c1cccc(-c3cc(-c4ccc5c(c4)c4ccccc4n5-c4ccccc4)c4oc5ccc(-c6ccccc6-c6ccccn6)cc5c4c3)c1)c1cc(-c3ccccc3-c3ccccn3)ccc1N2c1ccccc1. The summed E-state index contributed by atoms with van der Waals surface area (Å²) in [6.07, 6.45) is 11.0. The lowest BCUT2D eigenvalue weighted by molar-refractivity contribution is 0.670. The molecule has 0 fully saturated rings. The van der Waals surface area contributed by atoms with Crippen LogP contribution in [-0.4, -0.2) is 20.6 Å². The van der Waals surface area contributed by atoms with Crippen LogP contribution in [0.3, 0.4) is 0 Å². The number of rotatable bonds is 9. The first kappa shape index (κ1) is 46.5. The second kappa shape index (κ2) is 19.1. The molecule has 5 nitrogen and oxygen atoms in total. The fourth-order valence-electron chi connectivity index (χ4n) is 12.9. The van der Waals surface area contributed by atoms with Crippen molar-refractivity contribution >= 4 is 60.7 Å². The van der Waals surface area contributed by atoms with Gasteiger partial charge in [-0.25, -0.2) is 0 Å². The van der Waals surface area contributed by atoms with E-state index < -0.39 is 0 Å². The zero-order valence-corrected chi connectivity index (χ0v) is 44.1. The fourth-order valence-corrected chi connectivity index (χ4v) is 12.9. The standard InChI is InChI=1S/C76H50N4O/c1-3-20-56(21-4-1)79-71-31-12-11-28-62(71)64-45-54(34-38-72(64)79)63-47-55(48-68-67-46-53(35-39-75(67)81-76(63)68)59-25-8-10-27-61(59)70-30-14-16-41-78-70)50-19-17-18-49(42-50)51-32-36-73-65(43-51)66-44-52(33-37-74(66)80(73)57-22-5-2-6-23-57)58-24-7-9-26-60(58)69-29-13-15-40-77-69/h1-48,65,73H. The van der Waals surface area contributed by atoms with Crippen LogP contribution in [-0.2, 0) is 0 Å². The molecule has 1 aliphatic heterocycles. The third-order valence-electron chi connectivity index (χ3n) is 16.6. The summed E-state index contributed by atoms with van der Waals surface area (Å²) in [5, 5.41) is 4.52. The maximum atomic E-state index is 7.06. The molecule has 81 heavy (non-hydrogen) atoms.